The van der Waals surface area contributed by atoms with Crippen LogP contribution in [-0.2, 0) is 4.79 Å². The molecule has 0 aliphatic carbocycles. The van der Waals surface area contributed by atoms with Gasteiger partial charge in [0.15, 0.2) is 0 Å². The molecular formula is C3H12O2. The van der Waals surface area contributed by atoms with Crippen molar-refractivity contribution < 1.29 is 11.3 Å². The molecule has 0 saturated carbocycles. The van der Waals surface area contributed by atoms with Crippen molar-refractivity contribution in [1.29, 1.82) is 0 Å². The molecule has 0 atom stereocenters. The van der Waals surface area contributed by atoms with Crippen LogP contribution in [0.1, 0.15) is 8.85 Å². The van der Waals surface area contributed by atoms with E-state index in [-0.39, 0.29) is 8.85 Å². The summed E-state index contributed by atoms with van der Waals surface area (Å²) in [6, 6.07) is 0. The highest BCUT2D eigenvalue weighted by Crippen LogP contribution is 0.755. The van der Waals surface area contributed by atoms with E-state index in [9.17, 15) is 0 Å². The Morgan fingerprint density at radius 1 is 1.60 bits per heavy atom. The lowest BCUT2D eigenvalue weighted by Gasteiger charge is -1.21. The summed E-state index contributed by atoms with van der Waals surface area (Å²) in [6.07, 6.45) is 0. The van der Waals surface area contributed by atoms with Crippen LogP contribution in [0.3, 0.4) is 0 Å². The molecule has 0 aliphatic heterocycles. The lowest BCUT2D eigenvalue weighted by molar-refractivity contribution is -0.0979. The van der Waals surface area contributed by atoms with Crippen molar-refractivity contribution in [2.45, 2.75) is 7.43 Å². The van der Waals surface area contributed by atoms with Crippen molar-refractivity contribution in [2.24, 2.45) is 0 Å². The van der Waals surface area contributed by atoms with E-state index in [1.54, 1.807) is 0 Å². The van der Waals surface area contributed by atoms with Crippen LogP contribution >= 0.6 is 0 Å². The third-order valence-corrected chi connectivity index (χ3v) is 0. The minimum Gasteiger partial charge on any atom is -0.400 e. The van der Waals surface area contributed by atoms with Gasteiger partial charge in [0, 0.05) is 8.54 Å². The summed E-state index contributed by atoms with van der Waals surface area (Å²) < 4.78 is 0. The van der Waals surface area contributed by atoms with Gasteiger partial charge >= 0.3 is 0 Å². The highest BCUT2D eigenvalue weighted by molar-refractivity contribution is 5.10. The highest BCUT2D eigenvalue weighted by Gasteiger charge is 0.839. The van der Waals surface area contributed by atoms with Crippen molar-refractivity contribution in [3.05, 3.63) is 0 Å². The molecule has 36 valence electrons. The first-order chi connectivity index (χ1) is 2.00. The van der Waals surface area contributed by atoms with E-state index in [1.165, 1.54) is 0 Å². The van der Waals surface area contributed by atoms with Gasteiger partial charge in [0.2, 0.25) is 0 Å². The van der Waals surface area contributed by atoms with E-state index in [0.29, 0.717) is 0 Å². The molecule has 0 aromatic heterocycles. The zero-order chi connectivity index (χ0) is 4.00. The lowest BCUT2D eigenvalue weighted by atomic mass is 11.8. The summed E-state index contributed by atoms with van der Waals surface area (Å²) in [4.78, 5) is 8.00. The van der Waals surface area contributed by atoms with Gasteiger partial charge in [-0.15, -0.1) is 0 Å². The number of hydrogen-bond donors (Lipinski definition) is 1. The molecule has 0 bridgehead atoms. The minimum absolute atomic E-state index is 0. The maximum Gasteiger partial charge on any atom is 0.106 e. The van der Waals surface area contributed by atoms with E-state index in [0.717, 1.165) is 7.11 Å². The van der Waals surface area contributed by atoms with Crippen molar-refractivity contribution in [3.8, 4) is 0 Å². The summed E-state index contributed by atoms with van der Waals surface area (Å²) in [5, 5.41) is 7.00. The average molecular weight is 80.1 g/mol. The van der Waals surface area contributed by atoms with Gasteiger partial charge in [-0.25, -0.2) is 0 Å². The van der Waals surface area contributed by atoms with Crippen LogP contribution in [0.25, 0.3) is 0 Å². The van der Waals surface area contributed by atoms with Gasteiger partial charge in [-0.2, -0.15) is 0 Å². The molecule has 1 N–H and O–H groups in total. The van der Waals surface area contributed by atoms with Gasteiger partial charge in [-0.05, 0) is 0 Å². The van der Waals surface area contributed by atoms with E-state index in [2.05, 4.69) is 0 Å². The molecule has 0 amide bonds. The molecule has 0 rings (SSSR count). The number of hydrogen-bond acceptors (Lipinski definition) is 2. The predicted octanol–water partition coefficient (Wildman–Crippen LogP) is 0.306. The summed E-state index contributed by atoms with van der Waals surface area (Å²) in [5.74, 6) is 0. The maximum absolute atomic E-state index is 8.00. The first-order valence-corrected chi connectivity index (χ1v) is 0.736. The molecule has 0 aromatic rings. The Morgan fingerprint density at radius 3 is 1.60 bits per heavy atom. The Morgan fingerprint density at radius 2 is 1.60 bits per heavy atom. The average Bonchev–Trinajstić information content (AvgIpc) is 1.50. The normalized spacial score (nSPS) is 2.00. The highest BCUT2D eigenvalue weighted by atomic mass is 16.2. The predicted molar refractivity (Wildman–Crippen MR) is 24.1 cm³/mol. The van der Waals surface area contributed by atoms with Gasteiger partial charge in [0.1, 0.15) is 6.79 Å². The van der Waals surface area contributed by atoms with Gasteiger partial charge in [-0.3, -0.25) is 0 Å². The third kappa shape index (κ3) is 70.4. The van der Waals surface area contributed by atoms with Crippen LogP contribution in [-0.4, -0.2) is 19.0 Å². The van der Waals surface area contributed by atoms with E-state index < -0.39 is 0 Å². The van der Waals surface area contributed by atoms with Crippen LogP contribution in [0.4, 0.5) is 0 Å². The number of carbonyl (C=O) groups is 1. The largest absolute Gasteiger partial charge is 0.400 e. The first-order valence-electron chi connectivity index (χ1n) is 0.736. The molecule has 0 fully saturated rings. The maximum atomic E-state index is 8.00. The quantitative estimate of drug-likeness (QED) is 0.454. The zero-order valence-electron chi connectivity index (χ0n) is 2.56. The minimum atomic E-state index is 0. The fourth-order valence-corrected chi connectivity index (χ4v) is 0. The Balaban J connectivity index is -0.00000000500. The number of aliphatic hydroxyl groups is 1. The smallest absolute Gasteiger partial charge is 0.106 e. The second kappa shape index (κ2) is 183. The SMILES string of the molecule is C.C=O.CO.[HH]. The Hall–Kier alpha value is -0.370. The van der Waals surface area contributed by atoms with E-state index >= 15 is 0 Å². The fourth-order valence-electron chi connectivity index (χ4n) is 0. The second-order valence-electron chi connectivity index (χ2n) is 0. The van der Waals surface area contributed by atoms with Gasteiger partial charge in [0.25, 0.3) is 0 Å². The standard InChI is InChI=1S/CH4O.CH2O.CH4.H2/c2*1-2;;/h2H,1H3;1H2;1H4;1H. The molecule has 5 heavy (non-hydrogen) atoms. The van der Waals surface area contributed by atoms with Crippen molar-refractivity contribution >= 4 is 6.79 Å². The summed E-state index contributed by atoms with van der Waals surface area (Å²) in [7, 11) is 1.00. The van der Waals surface area contributed by atoms with E-state index in [4.69, 9.17) is 9.90 Å². The molecule has 0 spiro atoms. The van der Waals surface area contributed by atoms with Crippen molar-refractivity contribution in [3.63, 3.8) is 0 Å². The third-order valence-electron chi connectivity index (χ3n) is 0. The Kier molecular flexibility index (Phi) is 842. The van der Waals surface area contributed by atoms with Crippen molar-refractivity contribution in [2.75, 3.05) is 7.11 Å². The molecule has 0 radical (unpaired) electrons. The van der Waals surface area contributed by atoms with Crippen LogP contribution in [0.15, 0.2) is 0 Å². The molecule has 0 saturated heterocycles. The van der Waals surface area contributed by atoms with Crippen LogP contribution in [0.5, 0.6) is 0 Å². The molecule has 2 nitrogen and oxygen atoms in total. The van der Waals surface area contributed by atoms with E-state index in [1.807, 2.05) is 6.79 Å². The Labute approximate surface area is 33.9 Å². The number of rotatable bonds is 0. The summed E-state index contributed by atoms with van der Waals surface area (Å²) >= 11 is 0. The van der Waals surface area contributed by atoms with Crippen molar-refractivity contribution in [1.82, 2.24) is 0 Å². The fraction of sp³-hybridized carbons (Fsp3) is 0.667. The monoisotopic (exact) mass is 80.1 g/mol. The molecule has 0 aromatic carbocycles. The van der Waals surface area contributed by atoms with Crippen LogP contribution < -0.4 is 0 Å². The lowest BCUT2D eigenvalue weighted by Crippen LogP contribution is -1.25. The summed E-state index contributed by atoms with van der Waals surface area (Å²) in [6.45, 7) is 2.00. The molecule has 0 unspecified atom stereocenters. The zero-order valence-corrected chi connectivity index (χ0v) is 2.56. The second-order valence-corrected chi connectivity index (χ2v) is 0. The van der Waals surface area contributed by atoms with Crippen LogP contribution in [0, 0.1) is 0 Å². The van der Waals surface area contributed by atoms with Gasteiger partial charge in [-0.1, -0.05) is 7.43 Å². The number of aliphatic hydroxyl groups excluding tert-OH is 1. The molecule has 0 aliphatic rings. The molecule has 0 heterocycles. The Bertz CT molecular complexity index is 8.75. The van der Waals surface area contributed by atoms with Gasteiger partial charge < -0.3 is 9.90 Å². The molecule has 2 heteroatoms. The van der Waals surface area contributed by atoms with Gasteiger partial charge in [0.05, 0.1) is 0 Å². The number of carbonyl (C=O) groups excluding carboxylic acids is 1. The van der Waals surface area contributed by atoms with Crippen LogP contribution in [0.2, 0.25) is 0 Å². The summed E-state index contributed by atoms with van der Waals surface area (Å²) in [5.41, 5.74) is 0. The molecular weight excluding hydrogens is 68.0 g/mol. The first kappa shape index (κ1) is 23.0. The topological polar surface area (TPSA) is 37.3 Å².